The van der Waals surface area contributed by atoms with Gasteiger partial charge in [-0.25, -0.2) is 4.98 Å². The van der Waals surface area contributed by atoms with Gasteiger partial charge in [0.05, 0.1) is 6.54 Å². The number of hydrogen-bond donors (Lipinski definition) is 1. The number of carbonyl (C=O) groups is 1. The first-order valence-corrected chi connectivity index (χ1v) is 10.3. The second-order valence-electron chi connectivity index (χ2n) is 6.26. The van der Waals surface area contributed by atoms with Gasteiger partial charge < -0.3 is 9.73 Å². The number of nitrogens with one attached hydrogen (secondary N) is 1. The molecule has 4 rings (SSSR count). The molecule has 0 atom stereocenters. The van der Waals surface area contributed by atoms with Gasteiger partial charge >= 0.3 is 0 Å². The van der Waals surface area contributed by atoms with Crippen LogP contribution in [0.2, 0.25) is 0 Å². The summed E-state index contributed by atoms with van der Waals surface area (Å²) in [5, 5.41) is 9.09. The van der Waals surface area contributed by atoms with Crippen molar-refractivity contribution in [2.45, 2.75) is 29.6 Å². The number of thiazole rings is 1. The summed E-state index contributed by atoms with van der Waals surface area (Å²) in [5.41, 5.74) is 2.77. The summed E-state index contributed by atoms with van der Waals surface area (Å²) in [6, 6.07) is 11.2. The van der Waals surface area contributed by atoms with Crippen LogP contribution in [0.1, 0.15) is 27.6 Å². The highest BCUT2D eigenvalue weighted by atomic mass is 32.2. The van der Waals surface area contributed by atoms with E-state index >= 15 is 0 Å². The molecule has 0 aliphatic heterocycles. The van der Waals surface area contributed by atoms with Gasteiger partial charge in [0.2, 0.25) is 0 Å². The van der Waals surface area contributed by atoms with E-state index < -0.39 is 0 Å². The summed E-state index contributed by atoms with van der Waals surface area (Å²) in [6.45, 7) is 4.44. The van der Waals surface area contributed by atoms with Crippen LogP contribution in [-0.4, -0.2) is 20.7 Å². The van der Waals surface area contributed by atoms with E-state index in [1.165, 1.54) is 0 Å². The van der Waals surface area contributed by atoms with Gasteiger partial charge in [-0.3, -0.25) is 9.48 Å². The van der Waals surface area contributed by atoms with Gasteiger partial charge in [-0.05, 0) is 55.8 Å². The number of aryl methyl sites for hydroxylation is 2. The molecule has 8 heteroatoms. The Morgan fingerprint density at radius 2 is 2.18 bits per heavy atom. The minimum atomic E-state index is -0.272. The third-order valence-electron chi connectivity index (χ3n) is 4.01. The van der Waals surface area contributed by atoms with E-state index in [1.807, 2.05) is 49.7 Å². The molecular formula is C20H18N4O2S2. The zero-order valence-corrected chi connectivity index (χ0v) is 17.0. The van der Waals surface area contributed by atoms with Crippen LogP contribution in [0.3, 0.4) is 0 Å². The maximum atomic E-state index is 12.5. The summed E-state index contributed by atoms with van der Waals surface area (Å²) in [4.78, 5) is 18.1. The molecular weight excluding hydrogens is 392 g/mol. The predicted molar refractivity (Wildman–Crippen MR) is 110 cm³/mol. The fourth-order valence-corrected chi connectivity index (χ4v) is 4.55. The van der Waals surface area contributed by atoms with Crippen LogP contribution in [0, 0.1) is 13.8 Å². The number of benzene rings is 1. The first-order valence-electron chi connectivity index (χ1n) is 8.65. The average Bonchev–Trinajstić information content (AvgIpc) is 3.41. The standard InChI is InChI=1S/C20H18N4O2S2/c1-13-10-16(28-20-22-14(2)12-27-20)5-6-17(13)23-19(25)18-7-4-15(26-18)11-24-9-3-8-21-24/h3-10,12H,11H2,1-2H3,(H,23,25). The van der Waals surface area contributed by atoms with Crippen molar-refractivity contribution >= 4 is 34.7 Å². The molecule has 4 aromatic rings. The van der Waals surface area contributed by atoms with Crippen molar-refractivity contribution in [3.05, 3.63) is 76.9 Å². The first kappa shape index (κ1) is 18.5. The van der Waals surface area contributed by atoms with Gasteiger partial charge in [-0.1, -0.05) is 11.8 Å². The molecule has 1 aromatic carbocycles. The third-order valence-corrected chi connectivity index (χ3v) is 6.06. The van der Waals surface area contributed by atoms with Crippen molar-refractivity contribution in [3.63, 3.8) is 0 Å². The Balaban J connectivity index is 1.42. The van der Waals surface area contributed by atoms with Gasteiger partial charge in [0.15, 0.2) is 10.1 Å². The largest absolute Gasteiger partial charge is 0.454 e. The Hall–Kier alpha value is -2.84. The molecule has 3 heterocycles. The van der Waals surface area contributed by atoms with Crippen molar-refractivity contribution in [2.24, 2.45) is 0 Å². The first-order chi connectivity index (χ1) is 13.6. The van der Waals surface area contributed by atoms with Crippen LogP contribution in [0.25, 0.3) is 0 Å². The van der Waals surface area contributed by atoms with Gasteiger partial charge in [-0.2, -0.15) is 5.10 Å². The minimum absolute atomic E-state index is 0.272. The molecule has 0 fully saturated rings. The molecule has 0 unspecified atom stereocenters. The molecule has 0 spiro atoms. The quantitative estimate of drug-likeness (QED) is 0.484. The van der Waals surface area contributed by atoms with E-state index in [0.717, 1.165) is 26.2 Å². The maximum absolute atomic E-state index is 12.5. The van der Waals surface area contributed by atoms with E-state index in [2.05, 4.69) is 15.4 Å². The highest BCUT2D eigenvalue weighted by molar-refractivity contribution is 8.01. The lowest BCUT2D eigenvalue weighted by atomic mass is 10.2. The second-order valence-corrected chi connectivity index (χ2v) is 8.44. The molecule has 0 aliphatic carbocycles. The van der Waals surface area contributed by atoms with E-state index in [1.54, 1.807) is 46.1 Å². The van der Waals surface area contributed by atoms with Gasteiger partial charge in [-0.15, -0.1) is 11.3 Å². The Bertz CT molecular complexity index is 1100. The summed E-state index contributed by atoms with van der Waals surface area (Å²) >= 11 is 3.25. The van der Waals surface area contributed by atoms with E-state index in [4.69, 9.17) is 4.42 Å². The molecule has 1 N–H and O–H groups in total. The molecule has 6 nitrogen and oxygen atoms in total. The highest BCUT2D eigenvalue weighted by Crippen LogP contribution is 2.32. The normalized spacial score (nSPS) is 10.9. The number of amides is 1. The van der Waals surface area contributed by atoms with Gasteiger partial charge in [0.25, 0.3) is 5.91 Å². The number of anilines is 1. The Morgan fingerprint density at radius 1 is 1.29 bits per heavy atom. The predicted octanol–water partition coefficient (Wildman–Crippen LogP) is 5.00. The van der Waals surface area contributed by atoms with E-state index in [0.29, 0.717) is 12.3 Å². The number of nitrogens with zero attached hydrogens (tertiary/aromatic N) is 3. The maximum Gasteiger partial charge on any atom is 0.291 e. The fraction of sp³-hybridized carbons (Fsp3) is 0.150. The van der Waals surface area contributed by atoms with Crippen molar-refractivity contribution in [1.29, 1.82) is 0 Å². The molecule has 0 radical (unpaired) electrons. The Kier molecular flexibility index (Phi) is 5.31. The molecule has 0 saturated heterocycles. The average molecular weight is 411 g/mol. The Morgan fingerprint density at radius 3 is 2.89 bits per heavy atom. The number of rotatable bonds is 6. The van der Waals surface area contributed by atoms with Gasteiger partial charge in [0.1, 0.15) is 5.76 Å². The lowest BCUT2D eigenvalue weighted by molar-refractivity contribution is 0.0994. The highest BCUT2D eigenvalue weighted by Gasteiger charge is 2.13. The van der Waals surface area contributed by atoms with Crippen LogP contribution < -0.4 is 5.32 Å². The van der Waals surface area contributed by atoms with Crippen LogP contribution >= 0.6 is 23.1 Å². The fourth-order valence-electron chi connectivity index (χ4n) is 2.64. The van der Waals surface area contributed by atoms with Crippen LogP contribution in [-0.2, 0) is 6.54 Å². The zero-order chi connectivity index (χ0) is 19.5. The van der Waals surface area contributed by atoms with Crippen molar-refractivity contribution < 1.29 is 9.21 Å². The third kappa shape index (κ3) is 4.35. The van der Waals surface area contributed by atoms with Crippen molar-refractivity contribution in [3.8, 4) is 0 Å². The van der Waals surface area contributed by atoms with E-state index in [9.17, 15) is 4.79 Å². The van der Waals surface area contributed by atoms with Crippen molar-refractivity contribution in [1.82, 2.24) is 14.8 Å². The number of furan rings is 1. The number of hydrogen-bond acceptors (Lipinski definition) is 6. The number of carbonyl (C=O) groups excluding carboxylic acids is 1. The minimum Gasteiger partial charge on any atom is -0.454 e. The van der Waals surface area contributed by atoms with Crippen LogP contribution in [0.15, 0.2) is 67.8 Å². The zero-order valence-electron chi connectivity index (χ0n) is 15.4. The Labute approximate surface area is 170 Å². The summed E-state index contributed by atoms with van der Waals surface area (Å²) < 4.78 is 8.40. The van der Waals surface area contributed by atoms with Crippen LogP contribution in [0.4, 0.5) is 5.69 Å². The monoisotopic (exact) mass is 410 g/mol. The number of aromatic nitrogens is 3. The summed E-state index contributed by atoms with van der Waals surface area (Å²) in [6.07, 6.45) is 3.55. The molecule has 3 aromatic heterocycles. The molecule has 142 valence electrons. The molecule has 0 saturated carbocycles. The molecule has 28 heavy (non-hydrogen) atoms. The van der Waals surface area contributed by atoms with E-state index in [-0.39, 0.29) is 11.7 Å². The van der Waals surface area contributed by atoms with Crippen LogP contribution in [0.5, 0.6) is 0 Å². The second kappa shape index (κ2) is 8.04. The molecule has 0 aliphatic rings. The van der Waals surface area contributed by atoms with Gasteiger partial charge in [0, 0.05) is 34.1 Å². The molecule has 0 bridgehead atoms. The summed E-state index contributed by atoms with van der Waals surface area (Å²) in [7, 11) is 0. The topological polar surface area (TPSA) is 73.0 Å². The smallest absolute Gasteiger partial charge is 0.291 e. The molecule has 1 amide bonds. The lowest BCUT2D eigenvalue weighted by Gasteiger charge is -2.08. The lowest BCUT2D eigenvalue weighted by Crippen LogP contribution is -2.12. The SMILES string of the molecule is Cc1csc(Sc2ccc(NC(=O)c3ccc(Cn4cccn4)o3)c(C)c2)n1. The van der Waals surface area contributed by atoms with Crippen molar-refractivity contribution in [2.75, 3.05) is 5.32 Å². The summed E-state index contributed by atoms with van der Waals surface area (Å²) in [5.74, 6) is 0.681.